The molecule has 3 aromatic rings. The number of benzene rings is 1. The molecule has 1 fully saturated rings. The molecule has 1 saturated heterocycles. The predicted octanol–water partition coefficient (Wildman–Crippen LogP) is 3.34. The standard InChI is InChI=1S/C23H23N5O4/c29-22(26-13-18-8-4-5-10-24-18)27-21-12-19(9-11-25-21)28-14-20(32-23(28)30)16-31-15-17-6-2-1-3-7-17/h1-12,20H,13-16H2,(H2,25,26,27,29). The smallest absolute Gasteiger partial charge is 0.414 e. The molecule has 9 nitrogen and oxygen atoms in total. The topological polar surface area (TPSA) is 106 Å². The maximum Gasteiger partial charge on any atom is 0.414 e. The third kappa shape index (κ3) is 5.79. The molecule has 1 atom stereocenters. The molecule has 0 aliphatic carbocycles. The van der Waals surface area contributed by atoms with Gasteiger partial charge in [-0.1, -0.05) is 36.4 Å². The fraction of sp³-hybridized carbons (Fsp3) is 0.217. The summed E-state index contributed by atoms with van der Waals surface area (Å²) >= 11 is 0. The maximum absolute atomic E-state index is 12.3. The van der Waals surface area contributed by atoms with E-state index in [1.807, 2.05) is 48.5 Å². The summed E-state index contributed by atoms with van der Waals surface area (Å²) in [6, 6.07) is 18.2. The first-order valence-electron chi connectivity index (χ1n) is 10.2. The van der Waals surface area contributed by atoms with Gasteiger partial charge in [0.15, 0.2) is 0 Å². The van der Waals surface area contributed by atoms with E-state index in [2.05, 4.69) is 20.6 Å². The third-order valence-electron chi connectivity index (χ3n) is 4.74. The van der Waals surface area contributed by atoms with Crippen LogP contribution in [0.25, 0.3) is 0 Å². The number of amides is 3. The Balaban J connectivity index is 1.28. The van der Waals surface area contributed by atoms with Crippen molar-refractivity contribution >= 4 is 23.6 Å². The van der Waals surface area contributed by atoms with Crippen molar-refractivity contribution in [3.63, 3.8) is 0 Å². The molecule has 0 bridgehead atoms. The van der Waals surface area contributed by atoms with E-state index in [9.17, 15) is 9.59 Å². The average molecular weight is 433 g/mol. The lowest BCUT2D eigenvalue weighted by molar-refractivity contribution is 0.0381. The predicted molar refractivity (Wildman–Crippen MR) is 118 cm³/mol. The van der Waals surface area contributed by atoms with E-state index in [1.54, 1.807) is 18.3 Å². The number of nitrogens with one attached hydrogen (secondary N) is 2. The normalized spacial score (nSPS) is 15.3. The van der Waals surface area contributed by atoms with Gasteiger partial charge in [0.05, 0.1) is 37.7 Å². The fourth-order valence-corrected chi connectivity index (χ4v) is 3.19. The van der Waals surface area contributed by atoms with Gasteiger partial charge < -0.3 is 14.8 Å². The van der Waals surface area contributed by atoms with Gasteiger partial charge in [-0.25, -0.2) is 14.6 Å². The highest BCUT2D eigenvalue weighted by Gasteiger charge is 2.32. The molecule has 2 aromatic heterocycles. The van der Waals surface area contributed by atoms with Crippen LogP contribution in [0, 0.1) is 0 Å². The number of anilines is 2. The van der Waals surface area contributed by atoms with Crippen molar-refractivity contribution in [1.82, 2.24) is 15.3 Å². The molecule has 32 heavy (non-hydrogen) atoms. The highest BCUT2D eigenvalue weighted by molar-refractivity contribution is 5.92. The molecule has 1 aromatic carbocycles. The van der Waals surface area contributed by atoms with Gasteiger partial charge in [-0.2, -0.15) is 0 Å². The zero-order chi connectivity index (χ0) is 22.2. The maximum atomic E-state index is 12.3. The molecule has 9 heteroatoms. The minimum atomic E-state index is -0.463. The average Bonchev–Trinajstić information content (AvgIpc) is 3.19. The van der Waals surface area contributed by atoms with E-state index in [4.69, 9.17) is 9.47 Å². The van der Waals surface area contributed by atoms with E-state index < -0.39 is 12.1 Å². The summed E-state index contributed by atoms with van der Waals surface area (Å²) in [5, 5.41) is 5.38. The highest BCUT2D eigenvalue weighted by atomic mass is 16.6. The Labute approximate surface area is 185 Å². The SMILES string of the molecule is O=C(NCc1ccccn1)Nc1cc(N2CC(COCc3ccccc3)OC2=O)ccn1. The minimum absolute atomic E-state index is 0.287. The number of hydrogen-bond donors (Lipinski definition) is 2. The van der Waals surface area contributed by atoms with Crippen molar-refractivity contribution in [1.29, 1.82) is 0 Å². The van der Waals surface area contributed by atoms with E-state index in [0.29, 0.717) is 31.3 Å². The molecule has 3 heterocycles. The molecule has 2 N–H and O–H groups in total. The summed E-state index contributed by atoms with van der Waals surface area (Å²) in [4.78, 5) is 34.3. The van der Waals surface area contributed by atoms with Crippen LogP contribution in [0.4, 0.5) is 21.1 Å². The highest BCUT2D eigenvalue weighted by Crippen LogP contribution is 2.23. The number of nitrogens with zero attached hydrogens (tertiary/aromatic N) is 3. The first-order chi connectivity index (χ1) is 15.7. The second-order valence-electron chi connectivity index (χ2n) is 7.15. The number of rotatable bonds is 8. The van der Waals surface area contributed by atoms with Crippen LogP contribution in [0.5, 0.6) is 0 Å². The Bertz CT molecular complexity index is 1050. The number of ether oxygens (including phenoxy) is 2. The monoisotopic (exact) mass is 433 g/mol. The lowest BCUT2D eigenvalue weighted by Gasteiger charge is -2.14. The second kappa shape index (κ2) is 10.4. The first-order valence-corrected chi connectivity index (χ1v) is 10.2. The van der Waals surface area contributed by atoms with Crippen molar-refractivity contribution in [2.75, 3.05) is 23.4 Å². The van der Waals surface area contributed by atoms with Crippen LogP contribution >= 0.6 is 0 Å². The Morgan fingerprint density at radius 3 is 2.75 bits per heavy atom. The number of cyclic esters (lactones) is 1. The van der Waals surface area contributed by atoms with E-state index in [1.165, 1.54) is 11.1 Å². The van der Waals surface area contributed by atoms with Crippen LogP contribution in [-0.2, 0) is 22.6 Å². The van der Waals surface area contributed by atoms with Gasteiger partial charge in [0, 0.05) is 18.5 Å². The van der Waals surface area contributed by atoms with Gasteiger partial charge in [0.25, 0.3) is 0 Å². The number of carbonyl (C=O) groups is 2. The van der Waals surface area contributed by atoms with Crippen LogP contribution < -0.4 is 15.5 Å². The van der Waals surface area contributed by atoms with Crippen molar-refractivity contribution < 1.29 is 19.1 Å². The summed E-state index contributed by atoms with van der Waals surface area (Å²) < 4.78 is 11.1. The number of hydrogen-bond acceptors (Lipinski definition) is 6. The molecule has 1 aliphatic heterocycles. The summed E-state index contributed by atoms with van der Waals surface area (Å²) in [6.07, 6.45) is 2.35. The number of carbonyl (C=O) groups excluding carboxylic acids is 2. The first kappa shape index (κ1) is 21.3. The van der Waals surface area contributed by atoms with Gasteiger partial charge in [-0.3, -0.25) is 15.2 Å². The Hall–Kier alpha value is -3.98. The number of urea groups is 1. The van der Waals surface area contributed by atoms with Crippen LogP contribution in [-0.4, -0.2) is 41.3 Å². The van der Waals surface area contributed by atoms with Crippen LogP contribution in [0.3, 0.4) is 0 Å². The summed E-state index contributed by atoms with van der Waals surface area (Å²) in [6.45, 7) is 1.38. The zero-order valence-electron chi connectivity index (χ0n) is 17.3. The largest absolute Gasteiger partial charge is 0.441 e. The van der Waals surface area contributed by atoms with Crippen molar-refractivity contribution in [3.05, 3.63) is 84.3 Å². The van der Waals surface area contributed by atoms with Gasteiger partial charge in [-0.15, -0.1) is 0 Å². The zero-order valence-corrected chi connectivity index (χ0v) is 17.3. The molecule has 3 amide bonds. The summed E-state index contributed by atoms with van der Waals surface area (Å²) in [5.41, 5.74) is 2.38. The molecule has 164 valence electrons. The Morgan fingerprint density at radius 2 is 1.94 bits per heavy atom. The van der Waals surface area contributed by atoms with Crippen molar-refractivity contribution in [3.8, 4) is 0 Å². The van der Waals surface area contributed by atoms with E-state index in [-0.39, 0.29) is 12.6 Å². The molecule has 1 aliphatic rings. The van der Waals surface area contributed by atoms with E-state index >= 15 is 0 Å². The molecule has 1 unspecified atom stereocenters. The van der Waals surface area contributed by atoms with Crippen LogP contribution in [0.15, 0.2) is 73.1 Å². The van der Waals surface area contributed by atoms with Gasteiger partial charge in [0.1, 0.15) is 11.9 Å². The van der Waals surface area contributed by atoms with Crippen LogP contribution in [0.2, 0.25) is 0 Å². The molecule has 0 radical (unpaired) electrons. The summed E-state index contributed by atoms with van der Waals surface area (Å²) in [7, 11) is 0. The number of pyridine rings is 2. The Kier molecular flexibility index (Phi) is 6.88. The van der Waals surface area contributed by atoms with Crippen LogP contribution in [0.1, 0.15) is 11.3 Å². The molecule has 4 rings (SSSR count). The van der Waals surface area contributed by atoms with Crippen molar-refractivity contribution in [2.24, 2.45) is 0 Å². The van der Waals surface area contributed by atoms with Gasteiger partial charge in [-0.05, 0) is 23.8 Å². The summed E-state index contributed by atoms with van der Waals surface area (Å²) in [5.74, 6) is 0.317. The number of aromatic nitrogens is 2. The molecule has 0 saturated carbocycles. The minimum Gasteiger partial charge on any atom is -0.441 e. The quantitative estimate of drug-likeness (QED) is 0.564. The lowest BCUT2D eigenvalue weighted by Crippen LogP contribution is -2.29. The van der Waals surface area contributed by atoms with Crippen molar-refractivity contribution in [2.45, 2.75) is 19.3 Å². The molecular formula is C23H23N5O4. The van der Waals surface area contributed by atoms with Gasteiger partial charge >= 0.3 is 12.1 Å². The van der Waals surface area contributed by atoms with E-state index in [0.717, 1.165) is 11.3 Å². The second-order valence-corrected chi connectivity index (χ2v) is 7.15. The third-order valence-corrected chi connectivity index (χ3v) is 4.74. The van der Waals surface area contributed by atoms with Gasteiger partial charge in [0.2, 0.25) is 0 Å². The molecule has 0 spiro atoms. The molecular weight excluding hydrogens is 410 g/mol. The Morgan fingerprint density at radius 1 is 1.09 bits per heavy atom. The lowest BCUT2D eigenvalue weighted by atomic mass is 10.2. The fourth-order valence-electron chi connectivity index (χ4n) is 3.19.